The summed E-state index contributed by atoms with van der Waals surface area (Å²) in [5, 5.41) is 8.29. The fraction of sp³-hybridized carbons (Fsp3) is 0.636. The molecule has 0 amide bonds. The fourth-order valence-corrected chi connectivity index (χ4v) is 1.25. The average molecular weight is 225 g/mol. The van der Waals surface area contributed by atoms with Crippen LogP contribution < -0.4 is 0 Å². The lowest BCUT2D eigenvalue weighted by Crippen LogP contribution is -2.27. The van der Waals surface area contributed by atoms with E-state index in [1.165, 1.54) is 0 Å². The molecule has 0 radical (unpaired) electrons. The molecule has 1 atom stereocenters. The van der Waals surface area contributed by atoms with E-state index in [0.29, 0.717) is 25.4 Å². The largest absolute Gasteiger partial charge is 0.461 e. The van der Waals surface area contributed by atoms with Gasteiger partial charge >= 0.3 is 5.97 Å². The molecule has 1 fully saturated rings. The van der Waals surface area contributed by atoms with Gasteiger partial charge in [-0.1, -0.05) is 0 Å². The smallest absolute Gasteiger partial charge is 0.333 e. The highest BCUT2D eigenvalue weighted by atomic mass is 16.6. The number of ether oxygens (including phenoxy) is 3. The number of esters is 1. The van der Waals surface area contributed by atoms with E-state index in [2.05, 4.69) is 0 Å². The highest BCUT2D eigenvalue weighted by molar-refractivity contribution is 5.87. The lowest BCUT2D eigenvalue weighted by Gasteiger charge is -2.20. The standard InChI is InChI=1S/C11H15NO4/c1-9(11(13)16-4-2-3-12)7-10-8-14-5-6-15-10/h7,10H,2,4-6,8H2,1H3. The van der Waals surface area contributed by atoms with Gasteiger partial charge in [0.25, 0.3) is 0 Å². The minimum absolute atomic E-state index is 0.128. The summed E-state index contributed by atoms with van der Waals surface area (Å²) < 4.78 is 15.4. The van der Waals surface area contributed by atoms with Gasteiger partial charge in [0.1, 0.15) is 6.61 Å². The molecular formula is C11H15NO4. The fourth-order valence-electron chi connectivity index (χ4n) is 1.25. The van der Waals surface area contributed by atoms with Crippen molar-refractivity contribution in [2.45, 2.75) is 19.4 Å². The summed E-state index contributed by atoms with van der Waals surface area (Å²) in [5.41, 5.74) is 0.480. The topological polar surface area (TPSA) is 68.6 Å². The Hall–Kier alpha value is -1.38. The zero-order chi connectivity index (χ0) is 11.8. The summed E-state index contributed by atoms with van der Waals surface area (Å²) >= 11 is 0. The van der Waals surface area contributed by atoms with Crippen molar-refractivity contribution in [2.75, 3.05) is 26.4 Å². The second kappa shape index (κ2) is 6.99. The number of hydrogen-bond donors (Lipinski definition) is 0. The molecule has 1 heterocycles. The van der Waals surface area contributed by atoms with Gasteiger partial charge in [0.2, 0.25) is 0 Å². The van der Waals surface area contributed by atoms with Gasteiger partial charge < -0.3 is 14.2 Å². The van der Waals surface area contributed by atoms with Crippen LogP contribution in [0.25, 0.3) is 0 Å². The Bertz CT molecular complexity index is 300. The third kappa shape index (κ3) is 4.43. The minimum Gasteiger partial charge on any atom is -0.461 e. The molecule has 0 N–H and O–H groups in total. The van der Waals surface area contributed by atoms with Crippen LogP contribution >= 0.6 is 0 Å². The van der Waals surface area contributed by atoms with Crippen LogP contribution in [-0.2, 0) is 19.0 Å². The van der Waals surface area contributed by atoms with Crippen LogP contribution in [0, 0.1) is 11.3 Å². The first-order valence-corrected chi connectivity index (χ1v) is 5.16. The maximum atomic E-state index is 11.4. The molecule has 16 heavy (non-hydrogen) atoms. The molecule has 1 rings (SSSR count). The zero-order valence-electron chi connectivity index (χ0n) is 9.27. The van der Waals surface area contributed by atoms with Gasteiger partial charge in [0.05, 0.1) is 38.4 Å². The van der Waals surface area contributed by atoms with E-state index < -0.39 is 5.97 Å². The van der Waals surface area contributed by atoms with E-state index in [0.717, 1.165) is 0 Å². The third-order valence-corrected chi connectivity index (χ3v) is 2.05. The molecule has 0 aromatic heterocycles. The Morgan fingerprint density at radius 3 is 3.06 bits per heavy atom. The van der Waals surface area contributed by atoms with E-state index in [4.69, 9.17) is 19.5 Å². The van der Waals surface area contributed by atoms with E-state index in [9.17, 15) is 4.79 Å². The molecule has 0 spiro atoms. The molecule has 5 nitrogen and oxygen atoms in total. The number of carbonyl (C=O) groups excluding carboxylic acids is 1. The summed E-state index contributed by atoms with van der Waals surface area (Å²) in [4.78, 5) is 11.4. The highest BCUT2D eigenvalue weighted by Gasteiger charge is 2.14. The van der Waals surface area contributed by atoms with Crippen molar-refractivity contribution in [1.29, 1.82) is 5.26 Å². The van der Waals surface area contributed by atoms with Crippen LogP contribution in [0.15, 0.2) is 11.6 Å². The van der Waals surface area contributed by atoms with Crippen LogP contribution in [0.5, 0.6) is 0 Å². The number of hydrogen-bond acceptors (Lipinski definition) is 5. The Morgan fingerprint density at radius 1 is 1.62 bits per heavy atom. The Labute approximate surface area is 94.6 Å². The predicted octanol–water partition coefficient (Wildman–Crippen LogP) is 0.805. The van der Waals surface area contributed by atoms with Crippen LogP contribution in [-0.4, -0.2) is 38.5 Å². The summed E-state index contributed by atoms with van der Waals surface area (Å²) in [6.07, 6.45) is 1.72. The zero-order valence-corrected chi connectivity index (χ0v) is 9.27. The average Bonchev–Trinajstić information content (AvgIpc) is 2.30. The van der Waals surface area contributed by atoms with Gasteiger partial charge in [-0.2, -0.15) is 5.26 Å². The Morgan fingerprint density at radius 2 is 2.44 bits per heavy atom. The van der Waals surface area contributed by atoms with E-state index >= 15 is 0 Å². The molecule has 1 aliphatic heterocycles. The lowest BCUT2D eigenvalue weighted by molar-refractivity contribution is -0.139. The van der Waals surface area contributed by atoms with Crippen molar-refractivity contribution in [3.63, 3.8) is 0 Å². The maximum Gasteiger partial charge on any atom is 0.333 e. The summed E-state index contributed by atoms with van der Waals surface area (Å²) in [7, 11) is 0. The van der Waals surface area contributed by atoms with Crippen LogP contribution in [0.4, 0.5) is 0 Å². The predicted molar refractivity (Wildman–Crippen MR) is 55.5 cm³/mol. The van der Waals surface area contributed by atoms with E-state index in [1.54, 1.807) is 13.0 Å². The molecule has 0 aromatic rings. The van der Waals surface area contributed by atoms with Crippen molar-refractivity contribution in [3.8, 4) is 6.07 Å². The van der Waals surface area contributed by atoms with Crippen LogP contribution in [0.2, 0.25) is 0 Å². The number of carbonyl (C=O) groups is 1. The summed E-state index contributed by atoms with van der Waals surface area (Å²) in [5.74, 6) is -0.413. The van der Waals surface area contributed by atoms with E-state index in [-0.39, 0.29) is 19.1 Å². The quantitative estimate of drug-likeness (QED) is 0.402. The molecule has 1 aliphatic rings. The number of nitrogens with zero attached hydrogens (tertiary/aromatic N) is 1. The van der Waals surface area contributed by atoms with Crippen molar-refractivity contribution in [1.82, 2.24) is 0 Å². The first-order valence-electron chi connectivity index (χ1n) is 5.16. The maximum absolute atomic E-state index is 11.4. The van der Waals surface area contributed by atoms with Crippen molar-refractivity contribution in [2.24, 2.45) is 0 Å². The van der Waals surface area contributed by atoms with Gasteiger partial charge in [-0.05, 0) is 13.0 Å². The van der Waals surface area contributed by atoms with Gasteiger partial charge in [0.15, 0.2) is 0 Å². The van der Waals surface area contributed by atoms with Gasteiger partial charge in [-0.3, -0.25) is 0 Å². The van der Waals surface area contributed by atoms with Crippen molar-refractivity contribution in [3.05, 3.63) is 11.6 Å². The van der Waals surface area contributed by atoms with Crippen LogP contribution in [0.3, 0.4) is 0 Å². The van der Waals surface area contributed by atoms with Gasteiger partial charge in [-0.25, -0.2) is 4.79 Å². The van der Waals surface area contributed by atoms with Crippen molar-refractivity contribution < 1.29 is 19.0 Å². The minimum atomic E-state index is -0.413. The highest BCUT2D eigenvalue weighted by Crippen LogP contribution is 2.07. The molecule has 88 valence electrons. The number of rotatable bonds is 4. The van der Waals surface area contributed by atoms with Crippen molar-refractivity contribution >= 4 is 5.97 Å². The van der Waals surface area contributed by atoms with Gasteiger partial charge in [-0.15, -0.1) is 0 Å². The molecule has 1 saturated heterocycles. The third-order valence-electron chi connectivity index (χ3n) is 2.05. The second-order valence-corrected chi connectivity index (χ2v) is 3.38. The summed E-state index contributed by atoms with van der Waals surface area (Å²) in [6.45, 7) is 3.38. The Balaban J connectivity index is 2.36. The molecule has 5 heteroatoms. The molecule has 0 aliphatic carbocycles. The first kappa shape index (κ1) is 12.7. The van der Waals surface area contributed by atoms with Gasteiger partial charge in [0, 0.05) is 5.57 Å². The second-order valence-electron chi connectivity index (χ2n) is 3.38. The van der Waals surface area contributed by atoms with E-state index in [1.807, 2.05) is 6.07 Å². The molecule has 0 aromatic carbocycles. The molecule has 1 unspecified atom stereocenters. The number of nitriles is 1. The molecule has 0 bridgehead atoms. The normalized spacial score (nSPS) is 21.2. The molecular weight excluding hydrogens is 210 g/mol. The lowest BCUT2D eigenvalue weighted by atomic mass is 10.2. The Kier molecular flexibility index (Phi) is 5.54. The SMILES string of the molecule is CC(=CC1COCCO1)C(=O)OCCC#N. The summed E-state index contributed by atoms with van der Waals surface area (Å²) in [6, 6.07) is 1.90. The monoisotopic (exact) mass is 225 g/mol. The van der Waals surface area contributed by atoms with Crippen LogP contribution in [0.1, 0.15) is 13.3 Å². The molecule has 0 saturated carbocycles. The first-order chi connectivity index (χ1) is 7.74.